The van der Waals surface area contributed by atoms with E-state index in [2.05, 4.69) is 15.0 Å². The van der Waals surface area contributed by atoms with E-state index in [-0.39, 0.29) is 13.0 Å². The van der Waals surface area contributed by atoms with Crippen molar-refractivity contribution in [2.24, 2.45) is 5.11 Å². The van der Waals surface area contributed by atoms with Crippen molar-refractivity contribution >= 4 is 5.97 Å². The van der Waals surface area contributed by atoms with Gasteiger partial charge in [0.1, 0.15) is 18.9 Å². The summed E-state index contributed by atoms with van der Waals surface area (Å²) in [6.45, 7) is -0.103. The van der Waals surface area contributed by atoms with Crippen LogP contribution in [0, 0.1) is 0 Å². The third kappa shape index (κ3) is 4.63. The van der Waals surface area contributed by atoms with Crippen LogP contribution in [0.5, 0.6) is 0 Å². The summed E-state index contributed by atoms with van der Waals surface area (Å²) < 4.78 is 12.7. The Labute approximate surface area is 177 Å². The number of benzene rings is 2. The van der Waals surface area contributed by atoms with Gasteiger partial charge in [0.2, 0.25) is 0 Å². The minimum absolute atomic E-state index is 0.103. The Kier molecular flexibility index (Phi) is 6.07. The van der Waals surface area contributed by atoms with E-state index < -0.39 is 30.0 Å². The highest BCUT2D eigenvalue weighted by molar-refractivity contribution is 5.89. The molecule has 0 aliphatic carbocycles. The van der Waals surface area contributed by atoms with Crippen LogP contribution >= 0.6 is 0 Å². The zero-order chi connectivity index (χ0) is 21.6. The highest BCUT2D eigenvalue weighted by Crippen LogP contribution is 2.31. The number of nitrogens with zero attached hydrogens (tertiary/aromatic N) is 5. The minimum Gasteiger partial charge on any atom is -0.459 e. The SMILES string of the molecule is [N-]=[N+]=N[C@H]1C[C@H](n2cc(-c3ccccc3)cnc2=O)O[C@@H]1COC(=O)c1ccccc1. The maximum absolute atomic E-state index is 12.4. The molecular weight excluding hydrogens is 398 g/mol. The number of hydrogen-bond acceptors (Lipinski definition) is 6. The minimum atomic E-state index is -0.695. The molecule has 0 bridgehead atoms. The van der Waals surface area contributed by atoms with Crippen LogP contribution in [0.2, 0.25) is 0 Å². The number of rotatable bonds is 6. The Bertz CT molecular complexity index is 1160. The Morgan fingerprint density at radius 2 is 1.87 bits per heavy atom. The van der Waals surface area contributed by atoms with Gasteiger partial charge in [-0.3, -0.25) is 4.57 Å². The summed E-state index contributed by atoms with van der Waals surface area (Å²) >= 11 is 0. The van der Waals surface area contributed by atoms with Crippen LogP contribution in [0.3, 0.4) is 0 Å². The summed E-state index contributed by atoms with van der Waals surface area (Å²) in [6, 6.07) is 17.5. The predicted molar refractivity (Wildman–Crippen MR) is 112 cm³/mol. The Morgan fingerprint density at radius 3 is 2.58 bits per heavy atom. The quantitative estimate of drug-likeness (QED) is 0.262. The number of aromatic nitrogens is 2. The van der Waals surface area contributed by atoms with Gasteiger partial charge >= 0.3 is 11.7 Å². The van der Waals surface area contributed by atoms with E-state index in [4.69, 9.17) is 15.0 Å². The van der Waals surface area contributed by atoms with E-state index in [1.807, 2.05) is 30.3 Å². The van der Waals surface area contributed by atoms with Gasteiger partial charge in [-0.25, -0.2) is 14.6 Å². The number of azide groups is 1. The molecule has 0 radical (unpaired) electrons. The monoisotopic (exact) mass is 417 g/mol. The van der Waals surface area contributed by atoms with Crippen LogP contribution in [0.4, 0.5) is 0 Å². The lowest BCUT2D eigenvalue weighted by molar-refractivity contribution is -0.0361. The van der Waals surface area contributed by atoms with E-state index >= 15 is 0 Å². The predicted octanol–water partition coefficient (Wildman–Crippen LogP) is 3.73. The van der Waals surface area contributed by atoms with Crippen molar-refractivity contribution in [2.45, 2.75) is 24.8 Å². The molecule has 31 heavy (non-hydrogen) atoms. The molecule has 2 aromatic carbocycles. The van der Waals surface area contributed by atoms with Crippen LogP contribution in [-0.4, -0.2) is 34.3 Å². The van der Waals surface area contributed by atoms with Crippen molar-refractivity contribution < 1.29 is 14.3 Å². The van der Waals surface area contributed by atoms with Gasteiger partial charge in [0, 0.05) is 29.3 Å². The average Bonchev–Trinajstić information content (AvgIpc) is 3.21. The van der Waals surface area contributed by atoms with E-state index in [0.29, 0.717) is 5.56 Å². The molecule has 0 saturated carbocycles. The Balaban J connectivity index is 1.52. The first-order valence-corrected chi connectivity index (χ1v) is 9.71. The lowest BCUT2D eigenvalue weighted by atomic mass is 10.1. The number of esters is 1. The maximum atomic E-state index is 12.4. The molecule has 3 atom stereocenters. The topological polar surface area (TPSA) is 119 Å². The molecule has 0 N–H and O–H groups in total. The number of carbonyl (C=O) groups is 1. The van der Waals surface area contributed by atoms with Crippen molar-refractivity contribution in [3.8, 4) is 11.1 Å². The number of hydrogen-bond donors (Lipinski definition) is 0. The molecule has 1 aliphatic heterocycles. The number of carbonyl (C=O) groups excluding carboxylic acids is 1. The Morgan fingerprint density at radius 1 is 1.16 bits per heavy atom. The molecule has 3 aromatic rings. The van der Waals surface area contributed by atoms with Crippen LogP contribution in [0.15, 0.2) is 83.0 Å². The molecule has 9 nitrogen and oxygen atoms in total. The summed E-state index contributed by atoms with van der Waals surface area (Å²) in [4.78, 5) is 31.4. The van der Waals surface area contributed by atoms with Crippen molar-refractivity contribution in [1.29, 1.82) is 0 Å². The lowest BCUT2D eigenvalue weighted by Crippen LogP contribution is -2.28. The summed E-state index contributed by atoms with van der Waals surface area (Å²) in [5, 5.41) is 3.77. The van der Waals surface area contributed by atoms with Gasteiger partial charge in [-0.2, -0.15) is 0 Å². The number of ether oxygens (including phenoxy) is 2. The van der Waals surface area contributed by atoms with Crippen molar-refractivity contribution in [3.63, 3.8) is 0 Å². The molecule has 4 rings (SSSR count). The van der Waals surface area contributed by atoms with E-state index in [1.54, 1.807) is 36.5 Å². The van der Waals surface area contributed by atoms with Gasteiger partial charge in [-0.05, 0) is 23.2 Å². The third-order valence-corrected chi connectivity index (χ3v) is 5.02. The molecule has 1 saturated heterocycles. The molecule has 0 spiro atoms. The molecule has 2 heterocycles. The molecule has 9 heteroatoms. The van der Waals surface area contributed by atoms with Crippen LogP contribution < -0.4 is 5.69 Å². The Hall–Kier alpha value is -3.94. The standard InChI is InChI=1S/C22H19N5O4/c23-26-25-18-11-20(31-19(18)14-30-21(28)16-9-5-2-6-10-16)27-13-17(12-24-22(27)29)15-7-3-1-4-8-15/h1-10,12-13,18-20H,11,14H2/t18-,19+,20+/m0/s1. The summed E-state index contributed by atoms with van der Waals surface area (Å²) in [6.07, 6.45) is 2.06. The second-order valence-electron chi connectivity index (χ2n) is 7.00. The zero-order valence-corrected chi connectivity index (χ0v) is 16.4. The summed E-state index contributed by atoms with van der Waals surface area (Å²) in [7, 11) is 0. The smallest absolute Gasteiger partial charge is 0.349 e. The third-order valence-electron chi connectivity index (χ3n) is 5.02. The fraction of sp³-hybridized carbons (Fsp3) is 0.227. The molecule has 1 fully saturated rings. The maximum Gasteiger partial charge on any atom is 0.349 e. The second-order valence-corrected chi connectivity index (χ2v) is 7.00. The highest BCUT2D eigenvalue weighted by Gasteiger charge is 2.37. The molecule has 0 unspecified atom stereocenters. The second kappa shape index (κ2) is 9.25. The van der Waals surface area contributed by atoms with Crippen molar-refractivity contribution in [2.75, 3.05) is 6.61 Å². The van der Waals surface area contributed by atoms with E-state index in [9.17, 15) is 9.59 Å². The first-order chi connectivity index (χ1) is 15.2. The van der Waals surface area contributed by atoms with Gasteiger partial charge < -0.3 is 9.47 Å². The molecule has 1 aromatic heterocycles. The summed E-state index contributed by atoms with van der Waals surface area (Å²) in [5.74, 6) is -0.503. The fourth-order valence-electron chi connectivity index (χ4n) is 3.45. The normalized spacial score (nSPS) is 20.1. The largest absolute Gasteiger partial charge is 0.459 e. The fourth-order valence-corrected chi connectivity index (χ4v) is 3.45. The first kappa shape index (κ1) is 20.3. The van der Waals surface area contributed by atoms with Crippen molar-refractivity contribution in [3.05, 3.63) is 99.5 Å². The zero-order valence-electron chi connectivity index (χ0n) is 16.4. The van der Waals surface area contributed by atoms with Gasteiger partial charge in [-0.1, -0.05) is 53.6 Å². The highest BCUT2D eigenvalue weighted by atomic mass is 16.6. The first-order valence-electron chi connectivity index (χ1n) is 9.71. The van der Waals surface area contributed by atoms with Crippen LogP contribution in [0.25, 0.3) is 21.6 Å². The molecular formula is C22H19N5O4. The summed E-state index contributed by atoms with van der Waals surface area (Å²) in [5.41, 5.74) is 10.5. The van der Waals surface area contributed by atoms with Crippen molar-refractivity contribution in [1.82, 2.24) is 9.55 Å². The van der Waals surface area contributed by atoms with E-state index in [0.717, 1.165) is 11.1 Å². The van der Waals surface area contributed by atoms with Gasteiger partial charge in [-0.15, -0.1) is 0 Å². The molecule has 156 valence electrons. The van der Waals surface area contributed by atoms with Crippen LogP contribution in [-0.2, 0) is 9.47 Å². The average molecular weight is 417 g/mol. The molecule has 1 aliphatic rings. The van der Waals surface area contributed by atoms with Gasteiger partial charge in [0.25, 0.3) is 0 Å². The van der Waals surface area contributed by atoms with E-state index in [1.165, 1.54) is 10.8 Å². The molecule has 0 amide bonds. The van der Waals surface area contributed by atoms with Gasteiger partial charge in [0.05, 0.1) is 11.6 Å². The van der Waals surface area contributed by atoms with Crippen LogP contribution in [0.1, 0.15) is 23.0 Å². The lowest BCUT2D eigenvalue weighted by Gasteiger charge is -2.17. The van der Waals surface area contributed by atoms with Gasteiger partial charge in [0.15, 0.2) is 0 Å².